The lowest BCUT2D eigenvalue weighted by molar-refractivity contribution is 0.138. The lowest BCUT2D eigenvalue weighted by Crippen LogP contribution is -2.43. The minimum absolute atomic E-state index is 0.319. The van der Waals surface area contributed by atoms with Gasteiger partial charge in [-0.2, -0.15) is 4.98 Å². The van der Waals surface area contributed by atoms with Gasteiger partial charge in [-0.25, -0.2) is 4.98 Å². The Labute approximate surface area is 121 Å². The average molecular weight is 278 g/mol. The molecule has 1 aromatic heterocycles. The first-order valence-corrected chi connectivity index (χ1v) is 7.42. The highest BCUT2D eigenvalue weighted by Crippen LogP contribution is 2.21. The van der Waals surface area contributed by atoms with Gasteiger partial charge in [0, 0.05) is 37.9 Å². The number of hydrogen-bond acceptors (Lipinski definition) is 5. The molecule has 0 aromatic carbocycles. The molecule has 1 aliphatic heterocycles. The third-order valence-electron chi connectivity index (χ3n) is 3.69. The number of piperidine rings is 1. The molecule has 20 heavy (non-hydrogen) atoms. The molecule has 1 N–H and O–H groups in total. The summed E-state index contributed by atoms with van der Waals surface area (Å²) < 4.78 is 5.11. The summed E-state index contributed by atoms with van der Waals surface area (Å²) >= 11 is 0. The molecule has 0 spiro atoms. The number of ether oxygens (including phenoxy) is 1. The lowest BCUT2D eigenvalue weighted by Gasteiger charge is -2.36. The number of aromatic nitrogens is 2. The Morgan fingerprint density at radius 3 is 2.75 bits per heavy atom. The van der Waals surface area contributed by atoms with Gasteiger partial charge in [0.05, 0.1) is 7.11 Å². The number of hydrogen-bond donors (Lipinski definition) is 1. The van der Waals surface area contributed by atoms with E-state index in [-0.39, 0.29) is 0 Å². The zero-order valence-electron chi connectivity index (χ0n) is 13.0. The molecule has 3 unspecified atom stereocenters. The minimum Gasteiger partial charge on any atom is -0.481 e. The zero-order valence-corrected chi connectivity index (χ0v) is 13.0. The first-order valence-electron chi connectivity index (χ1n) is 7.42. The summed E-state index contributed by atoms with van der Waals surface area (Å²) in [7, 11) is 1.62. The molecule has 0 bridgehead atoms. The Morgan fingerprint density at radius 1 is 1.40 bits per heavy atom. The van der Waals surface area contributed by atoms with Crippen molar-refractivity contribution >= 4 is 5.95 Å². The number of likely N-dealkylation sites (tertiary alicyclic amines) is 1. The van der Waals surface area contributed by atoms with Gasteiger partial charge in [-0.15, -0.1) is 0 Å². The Kier molecular flexibility index (Phi) is 5.17. The van der Waals surface area contributed by atoms with E-state index in [1.54, 1.807) is 19.4 Å². The molecule has 5 heteroatoms. The van der Waals surface area contributed by atoms with Crippen LogP contribution in [0.4, 0.5) is 5.95 Å². The largest absolute Gasteiger partial charge is 0.481 e. The summed E-state index contributed by atoms with van der Waals surface area (Å²) in [6.07, 6.45) is 3.06. The Balaban J connectivity index is 1.86. The van der Waals surface area contributed by atoms with Crippen molar-refractivity contribution in [2.75, 3.05) is 32.1 Å². The second kappa shape index (κ2) is 6.88. The fourth-order valence-corrected chi connectivity index (χ4v) is 3.12. The van der Waals surface area contributed by atoms with Crippen molar-refractivity contribution < 1.29 is 4.74 Å². The summed E-state index contributed by atoms with van der Waals surface area (Å²) in [6, 6.07) is 2.07. The monoisotopic (exact) mass is 278 g/mol. The van der Waals surface area contributed by atoms with E-state index in [4.69, 9.17) is 4.74 Å². The number of anilines is 1. The molecule has 5 nitrogen and oxygen atoms in total. The van der Waals surface area contributed by atoms with Crippen LogP contribution in [0.3, 0.4) is 0 Å². The van der Waals surface area contributed by atoms with Gasteiger partial charge in [0.25, 0.3) is 0 Å². The Bertz CT molecular complexity index is 416. The molecule has 1 aromatic rings. The molecule has 2 rings (SSSR count). The van der Waals surface area contributed by atoms with Crippen LogP contribution < -0.4 is 10.1 Å². The maximum atomic E-state index is 5.11. The molecule has 112 valence electrons. The van der Waals surface area contributed by atoms with E-state index in [1.807, 2.05) is 0 Å². The van der Waals surface area contributed by atoms with Gasteiger partial charge in [-0.3, -0.25) is 0 Å². The number of methoxy groups -OCH3 is 1. The van der Waals surface area contributed by atoms with Crippen LogP contribution in [-0.2, 0) is 0 Å². The van der Waals surface area contributed by atoms with Gasteiger partial charge in [0.2, 0.25) is 11.8 Å². The highest BCUT2D eigenvalue weighted by Gasteiger charge is 2.22. The highest BCUT2D eigenvalue weighted by atomic mass is 16.5. The highest BCUT2D eigenvalue weighted by molar-refractivity contribution is 5.28. The quantitative estimate of drug-likeness (QED) is 0.895. The Hall–Kier alpha value is -1.36. The van der Waals surface area contributed by atoms with Crippen molar-refractivity contribution in [2.45, 2.75) is 33.2 Å². The number of rotatable bonds is 5. The van der Waals surface area contributed by atoms with E-state index >= 15 is 0 Å². The van der Waals surface area contributed by atoms with E-state index in [0.717, 1.165) is 18.4 Å². The number of nitrogens with one attached hydrogen (secondary N) is 1. The van der Waals surface area contributed by atoms with Crippen LogP contribution in [-0.4, -0.2) is 47.7 Å². The molecule has 1 fully saturated rings. The van der Waals surface area contributed by atoms with Gasteiger partial charge in [-0.05, 0) is 25.2 Å². The second-order valence-corrected chi connectivity index (χ2v) is 6.13. The van der Waals surface area contributed by atoms with Gasteiger partial charge in [-0.1, -0.05) is 13.8 Å². The topological polar surface area (TPSA) is 50.3 Å². The maximum Gasteiger partial charge on any atom is 0.226 e. The standard InChI is InChI=1S/C15H26N4O/c1-11-7-12(2)9-19(8-11)10-13(3)17-15-16-6-5-14(18-15)20-4/h5-6,11-13H,7-10H2,1-4H3,(H,16,17,18). The Morgan fingerprint density at radius 2 is 2.10 bits per heavy atom. The normalized spacial score (nSPS) is 25.2. The van der Waals surface area contributed by atoms with Crippen molar-refractivity contribution in [3.63, 3.8) is 0 Å². The maximum absolute atomic E-state index is 5.11. The van der Waals surface area contributed by atoms with Crippen LogP contribution in [0.15, 0.2) is 12.3 Å². The van der Waals surface area contributed by atoms with E-state index < -0.39 is 0 Å². The summed E-state index contributed by atoms with van der Waals surface area (Å²) in [5, 5.41) is 3.35. The average Bonchev–Trinajstić information content (AvgIpc) is 2.37. The zero-order chi connectivity index (χ0) is 14.5. The van der Waals surface area contributed by atoms with Crippen molar-refractivity contribution in [3.05, 3.63) is 12.3 Å². The lowest BCUT2D eigenvalue weighted by atomic mass is 9.92. The SMILES string of the molecule is COc1ccnc(NC(C)CN2CC(C)CC(C)C2)n1. The molecule has 1 aliphatic rings. The summed E-state index contributed by atoms with van der Waals surface area (Å²) in [6.45, 7) is 10.3. The van der Waals surface area contributed by atoms with Crippen LogP contribution in [0.1, 0.15) is 27.2 Å². The second-order valence-electron chi connectivity index (χ2n) is 6.13. The van der Waals surface area contributed by atoms with Crippen molar-refractivity contribution in [1.82, 2.24) is 14.9 Å². The van der Waals surface area contributed by atoms with Crippen LogP contribution in [0.25, 0.3) is 0 Å². The minimum atomic E-state index is 0.319. The molecule has 0 aliphatic carbocycles. The summed E-state index contributed by atoms with van der Waals surface area (Å²) in [4.78, 5) is 11.1. The number of nitrogens with zero attached hydrogens (tertiary/aromatic N) is 3. The van der Waals surface area contributed by atoms with Crippen LogP contribution in [0.5, 0.6) is 5.88 Å². The third-order valence-corrected chi connectivity index (χ3v) is 3.69. The molecule has 0 amide bonds. The van der Waals surface area contributed by atoms with E-state index in [2.05, 4.69) is 41.0 Å². The fraction of sp³-hybridized carbons (Fsp3) is 0.733. The third kappa shape index (κ3) is 4.34. The molecule has 2 heterocycles. The van der Waals surface area contributed by atoms with Gasteiger partial charge in [0.15, 0.2) is 0 Å². The fourth-order valence-electron chi connectivity index (χ4n) is 3.12. The van der Waals surface area contributed by atoms with Gasteiger partial charge in [0.1, 0.15) is 0 Å². The first-order chi connectivity index (χ1) is 9.56. The summed E-state index contributed by atoms with van der Waals surface area (Å²) in [5.41, 5.74) is 0. The van der Waals surface area contributed by atoms with Crippen molar-refractivity contribution in [3.8, 4) is 5.88 Å². The molecule has 3 atom stereocenters. The molecule has 0 radical (unpaired) electrons. The molecule has 1 saturated heterocycles. The van der Waals surface area contributed by atoms with Gasteiger partial charge < -0.3 is 15.0 Å². The molecule has 0 saturated carbocycles. The summed E-state index contributed by atoms with van der Waals surface area (Å²) in [5.74, 6) is 2.81. The first kappa shape index (κ1) is 15.0. The van der Waals surface area contributed by atoms with Crippen LogP contribution in [0.2, 0.25) is 0 Å². The van der Waals surface area contributed by atoms with E-state index in [0.29, 0.717) is 17.9 Å². The van der Waals surface area contributed by atoms with Gasteiger partial charge >= 0.3 is 0 Å². The van der Waals surface area contributed by atoms with Crippen LogP contribution >= 0.6 is 0 Å². The predicted molar refractivity (Wildman–Crippen MR) is 81.1 cm³/mol. The van der Waals surface area contributed by atoms with E-state index in [9.17, 15) is 0 Å². The predicted octanol–water partition coefficient (Wildman–Crippen LogP) is 2.26. The smallest absolute Gasteiger partial charge is 0.226 e. The van der Waals surface area contributed by atoms with E-state index in [1.165, 1.54) is 19.5 Å². The van der Waals surface area contributed by atoms with Crippen molar-refractivity contribution in [2.24, 2.45) is 11.8 Å². The molecular formula is C15H26N4O. The van der Waals surface area contributed by atoms with Crippen molar-refractivity contribution in [1.29, 1.82) is 0 Å². The van der Waals surface area contributed by atoms with Crippen LogP contribution in [0, 0.1) is 11.8 Å². The molecular weight excluding hydrogens is 252 g/mol.